The quantitative estimate of drug-likeness (QED) is 0.760. The topological polar surface area (TPSA) is 72.9 Å². The average Bonchev–Trinajstić information content (AvgIpc) is 2.77. The number of amides is 2. The van der Waals surface area contributed by atoms with Gasteiger partial charge in [-0.15, -0.1) is 5.06 Å². The van der Waals surface area contributed by atoms with E-state index in [9.17, 15) is 14.4 Å². The number of nitrogens with zero attached hydrogens (tertiary/aromatic N) is 1. The van der Waals surface area contributed by atoms with Gasteiger partial charge in [-0.1, -0.05) is 30.3 Å². The van der Waals surface area contributed by atoms with Crippen molar-refractivity contribution in [3.8, 4) is 0 Å². The molecule has 6 heteroatoms. The molecule has 1 aromatic rings. The highest BCUT2D eigenvalue weighted by Gasteiger charge is 2.35. The van der Waals surface area contributed by atoms with Crippen LogP contribution in [-0.2, 0) is 24.0 Å². The SMILES string of the molecule is CCOC(C(=O)ON1C(=O)CCC1=O)c1ccccc1. The van der Waals surface area contributed by atoms with Crippen LogP contribution in [0.1, 0.15) is 31.4 Å². The van der Waals surface area contributed by atoms with Crippen LogP contribution >= 0.6 is 0 Å². The van der Waals surface area contributed by atoms with E-state index in [2.05, 4.69) is 0 Å². The lowest BCUT2D eigenvalue weighted by molar-refractivity contribution is -0.205. The third kappa shape index (κ3) is 3.03. The van der Waals surface area contributed by atoms with Crippen LogP contribution < -0.4 is 0 Å². The molecule has 1 saturated heterocycles. The molecule has 1 aliphatic heterocycles. The Morgan fingerprint density at radius 3 is 2.35 bits per heavy atom. The fraction of sp³-hybridized carbons (Fsp3) is 0.357. The molecule has 0 aliphatic carbocycles. The van der Waals surface area contributed by atoms with Gasteiger partial charge in [-0.05, 0) is 12.5 Å². The molecule has 106 valence electrons. The van der Waals surface area contributed by atoms with Crippen LogP contribution in [0.2, 0.25) is 0 Å². The average molecular weight is 277 g/mol. The second-order valence-corrected chi connectivity index (χ2v) is 4.24. The molecule has 20 heavy (non-hydrogen) atoms. The minimum atomic E-state index is -0.956. The number of ether oxygens (including phenoxy) is 1. The van der Waals surface area contributed by atoms with Gasteiger partial charge in [-0.2, -0.15) is 0 Å². The normalized spacial score (nSPS) is 16.4. The van der Waals surface area contributed by atoms with E-state index in [1.807, 2.05) is 6.07 Å². The Morgan fingerprint density at radius 2 is 1.80 bits per heavy atom. The Hall–Kier alpha value is -2.21. The Balaban J connectivity index is 2.12. The summed E-state index contributed by atoms with van der Waals surface area (Å²) in [5.41, 5.74) is 0.610. The molecular formula is C14H15NO5. The van der Waals surface area contributed by atoms with Crippen LogP contribution in [0, 0.1) is 0 Å². The molecule has 0 bridgehead atoms. The van der Waals surface area contributed by atoms with Crippen molar-refractivity contribution in [2.24, 2.45) is 0 Å². The highest BCUT2D eigenvalue weighted by Crippen LogP contribution is 2.21. The van der Waals surface area contributed by atoms with Gasteiger partial charge < -0.3 is 9.57 Å². The summed E-state index contributed by atoms with van der Waals surface area (Å²) < 4.78 is 5.35. The summed E-state index contributed by atoms with van der Waals surface area (Å²) in [7, 11) is 0. The van der Waals surface area contributed by atoms with Gasteiger partial charge in [-0.25, -0.2) is 4.79 Å². The van der Waals surface area contributed by atoms with Crippen LogP contribution in [0.15, 0.2) is 30.3 Å². The minimum absolute atomic E-state index is 0.0662. The highest BCUT2D eigenvalue weighted by molar-refractivity contribution is 6.01. The molecule has 1 unspecified atom stereocenters. The van der Waals surface area contributed by atoms with Gasteiger partial charge in [-0.3, -0.25) is 9.59 Å². The molecule has 0 aromatic heterocycles. The third-order valence-corrected chi connectivity index (χ3v) is 2.84. The second-order valence-electron chi connectivity index (χ2n) is 4.24. The summed E-state index contributed by atoms with van der Waals surface area (Å²) in [6, 6.07) is 8.78. The molecule has 2 rings (SSSR count). The van der Waals surface area contributed by atoms with Crippen LogP contribution in [-0.4, -0.2) is 29.5 Å². The minimum Gasteiger partial charge on any atom is -0.362 e. The summed E-state index contributed by atoms with van der Waals surface area (Å²) in [4.78, 5) is 39.8. The van der Waals surface area contributed by atoms with Crippen LogP contribution in [0.3, 0.4) is 0 Å². The number of benzene rings is 1. The summed E-state index contributed by atoms with van der Waals surface area (Å²) in [5, 5.41) is 0.525. The number of imide groups is 1. The summed E-state index contributed by atoms with van der Waals surface area (Å²) in [6.45, 7) is 2.05. The molecule has 1 heterocycles. The number of carbonyl (C=O) groups excluding carboxylic acids is 3. The fourth-order valence-corrected chi connectivity index (χ4v) is 1.89. The standard InChI is InChI=1S/C14H15NO5/c1-2-19-13(10-6-4-3-5-7-10)14(18)20-15-11(16)8-9-12(15)17/h3-7,13H,2,8-9H2,1H3. The molecule has 0 radical (unpaired) electrons. The van der Waals surface area contributed by atoms with Gasteiger partial charge in [0.25, 0.3) is 11.8 Å². The molecule has 1 aromatic carbocycles. The molecular weight excluding hydrogens is 262 g/mol. The first kappa shape index (κ1) is 14.2. The summed E-state index contributed by atoms with van der Waals surface area (Å²) in [6.07, 6.45) is -0.824. The second kappa shape index (κ2) is 6.29. The van der Waals surface area contributed by atoms with Gasteiger partial charge in [0.05, 0.1) is 0 Å². The van der Waals surface area contributed by atoms with Gasteiger partial charge in [0.1, 0.15) is 0 Å². The third-order valence-electron chi connectivity index (χ3n) is 2.84. The lowest BCUT2D eigenvalue weighted by atomic mass is 10.1. The Morgan fingerprint density at radius 1 is 1.20 bits per heavy atom. The predicted octanol–water partition coefficient (Wildman–Crippen LogP) is 1.37. The van der Waals surface area contributed by atoms with Gasteiger partial charge in [0.2, 0.25) is 0 Å². The largest absolute Gasteiger partial charge is 0.366 e. The van der Waals surface area contributed by atoms with Gasteiger partial charge >= 0.3 is 5.97 Å². The predicted molar refractivity (Wildman–Crippen MR) is 68.0 cm³/mol. The summed E-state index contributed by atoms with van der Waals surface area (Å²) in [5.74, 6) is -1.79. The first-order chi connectivity index (χ1) is 9.63. The Kier molecular flexibility index (Phi) is 4.47. The van der Waals surface area contributed by atoms with Gasteiger partial charge in [0, 0.05) is 19.4 Å². The number of hydrogen-bond donors (Lipinski definition) is 0. The number of hydroxylamine groups is 2. The fourth-order valence-electron chi connectivity index (χ4n) is 1.89. The molecule has 0 spiro atoms. The van der Waals surface area contributed by atoms with E-state index in [-0.39, 0.29) is 12.8 Å². The number of carbonyl (C=O) groups is 3. The Bertz CT molecular complexity index is 498. The molecule has 1 aliphatic rings. The maximum Gasteiger partial charge on any atom is 0.366 e. The van der Waals surface area contributed by atoms with E-state index in [1.54, 1.807) is 31.2 Å². The highest BCUT2D eigenvalue weighted by atomic mass is 16.7. The molecule has 6 nitrogen and oxygen atoms in total. The van der Waals surface area contributed by atoms with Crippen molar-refractivity contribution < 1.29 is 24.0 Å². The van der Waals surface area contributed by atoms with Crippen molar-refractivity contribution in [2.45, 2.75) is 25.9 Å². The maximum absolute atomic E-state index is 12.1. The molecule has 0 N–H and O–H groups in total. The van der Waals surface area contributed by atoms with Crippen molar-refractivity contribution in [1.82, 2.24) is 5.06 Å². The van der Waals surface area contributed by atoms with E-state index in [1.165, 1.54) is 0 Å². The lowest BCUT2D eigenvalue weighted by Crippen LogP contribution is -2.34. The number of hydrogen-bond acceptors (Lipinski definition) is 5. The Labute approximate surface area is 116 Å². The lowest BCUT2D eigenvalue weighted by Gasteiger charge is -2.19. The molecule has 0 saturated carbocycles. The van der Waals surface area contributed by atoms with Crippen molar-refractivity contribution in [1.29, 1.82) is 0 Å². The summed E-state index contributed by atoms with van der Waals surface area (Å²) >= 11 is 0. The van der Waals surface area contributed by atoms with E-state index < -0.39 is 23.9 Å². The van der Waals surface area contributed by atoms with E-state index in [0.717, 1.165) is 0 Å². The molecule has 2 amide bonds. The van der Waals surface area contributed by atoms with Crippen molar-refractivity contribution in [3.63, 3.8) is 0 Å². The van der Waals surface area contributed by atoms with E-state index >= 15 is 0 Å². The molecule has 1 fully saturated rings. The zero-order valence-corrected chi connectivity index (χ0v) is 11.1. The number of rotatable bonds is 5. The maximum atomic E-state index is 12.1. The first-order valence-corrected chi connectivity index (χ1v) is 6.37. The first-order valence-electron chi connectivity index (χ1n) is 6.37. The van der Waals surface area contributed by atoms with Crippen molar-refractivity contribution >= 4 is 17.8 Å². The van der Waals surface area contributed by atoms with Crippen molar-refractivity contribution in [2.75, 3.05) is 6.61 Å². The van der Waals surface area contributed by atoms with Crippen LogP contribution in [0.4, 0.5) is 0 Å². The zero-order chi connectivity index (χ0) is 14.5. The van der Waals surface area contributed by atoms with E-state index in [0.29, 0.717) is 17.2 Å². The smallest absolute Gasteiger partial charge is 0.362 e. The monoisotopic (exact) mass is 277 g/mol. The van der Waals surface area contributed by atoms with Crippen LogP contribution in [0.5, 0.6) is 0 Å². The molecule has 1 atom stereocenters. The van der Waals surface area contributed by atoms with Crippen LogP contribution in [0.25, 0.3) is 0 Å². The van der Waals surface area contributed by atoms with Gasteiger partial charge in [0.15, 0.2) is 6.10 Å². The van der Waals surface area contributed by atoms with E-state index in [4.69, 9.17) is 9.57 Å². The van der Waals surface area contributed by atoms with Crippen molar-refractivity contribution in [3.05, 3.63) is 35.9 Å². The zero-order valence-electron chi connectivity index (χ0n) is 11.1.